The molecule has 0 bridgehead atoms. The number of aliphatic carboxylic acids is 1. The first kappa shape index (κ1) is 15.1. The normalized spacial score (nSPS) is 13.5. The van der Waals surface area contributed by atoms with Gasteiger partial charge in [-0.15, -0.1) is 0 Å². The van der Waals surface area contributed by atoms with E-state index in [1.54, 1.807) is 0 Å². The first-order valence-electron chi connectivity index (χ1n) is 6.27. The molecule has 1 aromatic heterocycles. The zero-order valence-corrected chi connectivity index (χ0v) is 10.9. The Morgan fingerprint density at radius 3 is 2.48 bits per heavy atom. The molecule has 0 spiro atoms. The van der Waals surface area contributed by atoms with E-state index in [-0.39, 0.29) is 0 Å². The molecule has 3 rings (SSSR count). The molecule has 112 valence electrons. The lowest BCUT2D eigenvalue weighted by molar-refractivity contribution is -0.192. The lowest BCUT2D eigenvalue weighted by atomic mass is 10.1. The Hall–Kier alpha value is -2.31. The molecular weight excluding hydrogens is 285 g/mol. The van der Waals surface area contributed by atoms with Crippen LogP contribution in [0, 0.1) is 0 Å². The van der Waals surface area contributed by atoms with Crippen LogP contribution in [-0.2, 0) is 17.6 Å². The number of rotatable bonds is 0. The number of pyridine rings is 1. The molecule has 21 heavy (non-hydrogen) atoms. The number of aryl methyl sites for hydroxylation is 1. The summed E-state index contributed by atoms with van der Waals surface area (Å²) in [5, 5.41) is 8.23. The molecule has 0 aliphatic heterocycles. The molecule has 0 amide bonds. The highest BCUT2D eigenvalue weighted by Gasteiger charge is 2.38. The summed E-state index contributed by atoms with van der Waals surface area (Å²) in [6, 6.07) is 8.11. The molecule has 3 N–H and O–H groups in total. The fourth-order valence-corrected chi connectivity index (χ4v) is 2.25. The van der Waals surface area contributed by atoms with Crippen molar-refractivity contribution in [2.75, 3.05) is 5.73 Å². The third-order valence-corrected chi connectivity index (χ3v) is 3.21. The van der Waals surface area contributed by atoms with E-state index >= 15 is 0 Å². The molecule has 2 aromatic rings. The third kappa shape index (κ3) is 3.24. The predicted octanol–water partition coefficient (Wildman–Crippen LogP) is 2.94. The Bertz CT molecular complexity index is 684. The zero-order chi connectivity index (χ0) is 15.6. The Labute approximate surface area is 118 Å². The molecule has 7 heteroatoms. The molecular formula is C14H13F3N2O2. The lowest BCUT2D eigenvalue weighted by Gasteiger charge is -2.07. The van der Waals surface area contributed by atoms with Crippen molar-refractivity contribution in [3.05, 3.63) is 35.5 Å². The second-order valence-electron chi connectivity index (χ2n) is 4.62. The van der Waals surface area contributed by atoms with Gasteiger partial charge >= 0.3 is 12.1 Å². The van der Waals surface area contributed by atoms with Gasteiger partial charge in [-0.1, -0.05) is 18.2 Å². The SMILES string of the molecule is Nc1c2c(nc3ccccc13)CCC2.O=C(O)C(F)(F)F. The number of carbonyl (C=O) groups is 1. The number of fused-ring (bicyclic) bond motifs is 2. The van der Waals surface area contributed by atoms with Crippen molar-refractivity contribution < 1.29 is 23.1 Å². The van der Waals surface area contributed by atoms with Gasteiger partial charge in [-0.05, 0) is 30.9 Å². The Balaban J connectivity index is 0.000000199. The molecule has 0 fully saturated rings. The minimum Gasteiger partial charge on any atom is -0.475 e. The van der Waals surface area contributed by atoms with Crippen molar-refractivity contribution in [1.82, 2.24) is 4.98 Å². The molecule has 1 heterocycles. The van der Waals surface area contributed by atoms with Gasteiger partial charge in [0.15, 0.2) is 0 Å². The van der Waals surface area contributed by atoms with Gasteiger partial charge in [0.05, 0.1) is 5.52 Å². The van der Waals surface area contributed by atoms with Crippen LogP contribution in [0.15, 0.2) is 24.3 Å². The van der Waals surface area contributed by atoms with Crippen LogP contribution < -0.4 is 5.73 Å². The summed E-state index contributed by atoms with van der Waals surface area (Å²) in [7, 11) is 0. The van der Waals surface area contributed by atoms with Crippen molar-refractivity contribution in [1.29, 1.82) is 0 Å². The smallest absolute Gasteiger partial charge is 0.475 e. The second-order valence-corrected chi connectivity index (χ2v) is 4.62. The van der Waals surface area contributed by atoms with Crippen LogP contribution in [0.1, 0.15) is 17.7 Å². The van der Waals surface area contributed by atoms with Crippen LogP contribution in [0.3, 0.4) is 0 Å². The van der Waals surface area contributed by atoms with Gasteiger partial charge in [-0.3, -0.25) is 4.98 Å². The van der Waals surface area contributed by atoms with Crippen molar-refractivity contribution >= 4 is 22.6 Å². The molecule has 1 aliphatic rings. The van der Waals surface area contributed by atoms with E-state index < -0.39 is 12.1 Å². The number of aromatic nitrogens is 1. The molecule has 0 saturated heterocycles. The summed E-state index contributed by atoms with van der Waals surface area (Å²) in [4.78, 5) is 13.5. The quantitative estimate of drug-likeness (QED) is 0.784. The van der Waals surface area contributed by atoms with Crippen LogP contribution in [-0.4, -0.2) is 22.2 Å². The van der Waals surface area contributed by atoms with E-state index in [2.05, 4.69) is 11.1 Å². The summed E-state index contributed by atoms with van der Waals surface area (Å²) >= 11 is 0. The summed E-state index contributed by atoms with van der Waals surface area (Å²) in [6.45, 7) is 0. The number of nitrogens with two attached hydrogens (primary N) is 1. The van der Waals surface area contributed by atoms with Gasteiger partial charge in [-0.2, -0.15) is 13.2 Å². The number of nitrogens with zero attached hydrogens (tertiary/aromatic N) is 1. The van der Waals surface area contributed by atoms with E-state index in [0.29, 0.717) is 0 Å². The van der Waals surface area contributed by atoms with Crippen LogP contribution >= 0.6 is 0 Å². The maximum absolute atomic E-state index is 10.6. The molecule has 1 aliphatic carbocycles. The predicted molar refractivity (Wildman–Crippen MR) is 71.9 cm³/mol. The van der Waals surface area contributed by atoms with Gasteiger partial charge in [-0.25, -0.2) is 4.79 Å². The van der Waals surface area contributed by atoms with Crippen LogP contribution in [0.2, 0.25) is 0 Å². The average Bonchev–Trinajstić information content (AvgIpc) is 2.87. The number of carboxylic acids is 1. The molecule has 0 radical (unpaired) electrons. The number of halogens is 3. The molecule has 0 atom stereocenters. The van der Waals surface area contributed by atoms with Crippen LogP contribution in [0.4, 0.5) is 18.9 Å². The Morgan fingerprint density at radius 2 is 1.86 bits per heavy atom. The van der Waals surface area contributed by atoms with Gasteiger partial charge in [0.2, 0.25) is 0 Å². The molecule has 0 unspecified atom stereocenters. The van der Waals surface area contributed by atoms with E-state index in [1.165, 1.54) is 17.7 Å². The molecule has 4 nitrogen and oxygen atoms in total. The standard InChI is InChI=1S/C12H12N2.C2HF3O2/c13-12-8-4-1-2-6-10(8)14-11-7-3-5-9(11)12;3-2(4,5)1(6)7/h1-2,4,6H,3,5,7H2,(H2,13,14);(H,6,7). The number of anilines is 1. The maximum Gasteiger partial charge on any atom is 0.490 e. The number of hydrogen-bond donors (Lipinski definition) is 2. The van der Waals surface area contributed by atoms with Gasteiger partial charge in [0.1, 0.15) is 0 Å². The van der Waals surface area contributed by atoms with E-state index in [4.69, 9.17) is 15.6 Å². The Morgan fingerprint density at radius 1 is 1.24 bits per heavy atom. The summed E-state index contributed by atoms with van der Waals surface area (Å²) in [5.74, 6) is -2.76. The van der Waals surface area contributed by atoms with Gasteiger partial charge in [0, 0.05) is 16.8 Å². The number of alkyl halides is 3. The number of hydrogen-bond acceptors (Lipinski definition) is 3. The summed E-state index contributed by atoms with van der Waals surface area (Å²) in [6.07, 6.45) is -1.70. The van der Waals surface area contributed by atoms with E-state index in [9.17, 15) is 13.2 Å². The Kier molecular flexibility index (Phi) is 4.02. The van der Waals surface area contributed by atoms with Crippen LogP contribution in [0.5, 0.6) is 0 Å². The number of nitrogen functional groups attached to an aromatic ring is 1. The summed E-state index contributed by atoms with van der Waals surface area (Å²) in [5.41, 5.74) is 10.6. The highest BCUT2D eigenvalue weighted by Crippen LogP contribution is 2.31. The maximum atomic E-state index is 10.6. The fourth-order valence-electron chi connectivity index (χ4n) is 2.25. The van der Waals surface area contributed by atoms with Crippen LogP contribution in [0.25, 0.3) is 10.9 Å². The van der Waals surface area contributed by atoms with Crippen molar-refractivity contribution in [3.8, 4) is 0 Å². The van der Waals surface area contributed by atoms with Gasteiger partial charge in [0.25, 0.3) is 0 Å². The number of carboxylic acid groups (broad SMARTS) is 1. The zero-order valence-electron chi connectivity index (χ0n) is 10.9. The highest BCUT2D eigenvalue weighted by molar-refractivity contribution is 5.92. The third-order valence-electron chi connectivity index (χ3n) is 3.21. The van der Waals surface area contributed by atoms with Gasteiger partial charge < -0.3 is 10.8 Å². The molecule has 0 saturated carbocycles. The average molecular weight is 298 g/mol. The number of benzene rings is 1. The van der Waals surface area contributed by atoms with Crippen molar-refractivity contribution in [2.24, 2.45) is 0 Å². The fraction of sp³-hybridized carbons (Fsp3) is 0.286. The minimum atomic E-state index is -5.08. The van der Waals surface area contributed by atoms with E-state index in [1.807, 2.05) is 18.2 Å². The first-order chi connectivity index (χ1) is 9.80. The largest absolute Gasteiger partial charge is 0.490 e. The lowest BCUT2D eigenvalue weighted by Crippen LogP contribution is -2.21. The topological polar surface area (TPSA) is 76.2 Å². The second kappa shape index (κ2) is 5.59. The highest BCUT2D eigenvalue weighted by atomic mass is 19.4. The minimum absolute atomic E-state index is 0.947. The van der Waals surface area contributed by atoms with Crippen molar-refractivity contribution in [2.45, 2.75) is 25.4 Å². The molecule has 1 aromatic carbocycles. The first-order valence-corrected chi connectivity index (χ1v) is 6.27. The number of para-hydroxylation sites is 1. The van der Waals surface area contributed by atoms with Crippen molar-refractivity contribution in [3.63, 3.8) is 0 Å². The van der Waals surface area contributed by atoms with E-state index in [0.717, 1.165) is 29.4 Å². The summed E-state index contributed by atoms with van der Waals surface area (Å²) < 4.78 is 31.7. The monoisotopic (exact) mass is 298 g/mol.